The lowest BCUT2D eigenvalue weighted by molar-refractivity contribution is 0.275. The summed E-state index contributed by atoms with van der Waals surface area (Å²) in [5.41, 5.74) is 4.22. The largest absolute Gasteiger partial charge is 0.497 e. The molecule has 2 aromatic carbocycles. The summed E-state index contributed by atoms with van der Waals surface area (Å²) in [6.07, 6.45) is 0. The Morgan fingerprint density at radius 2 is 1.92 bits per heavy atom. The van der Waals surface area contributed by atoms with E-state index in [0.717, 1.165) is 27.5 Å². The first-order chi connectivity index (χ1) is 11.7. The predicted octanol–water partition coefficient (Wildman–Crippen LogP) is 4.34. The molecule has 0 atom stereocenters. The molecule has 6 heteroatoms. The van der Waals surface area contributed by atoms with Crippen molar-refractivity contribution in [1.82, 2.24) is 4.57 Å². The molecule has 0 unspecified atom stereocenters. The monoisotopic (exact) mass is 420 g/mol. The number of aliphatic hydroxyl groups is 1. The minimum atomic E-state index is 0. The van der Waals surface area contributed by atoms with E-state index in [9.17, 15) is 5.11 Å². The van der Waals surface area contributed by atoms with Crippen molar-refractivity contribution in [2.45, 2.75) is 13.5 Å². The van der Waals surface area contributed by atoms with Gasteiger partial charge in [0.25, 0.3) is 0 Å². The SMILES string of the molecule is Br.COc1ccc(-c2csc(=Nc3cccc(C)c3)n2CCO)cc1. The van der Waals surface area contributed by atoms with Crippen LogP contribution in [0.4, 0.5) is 5.69 Å². The van der Waals surface area contributed by atoms with Gasteiger partial charge in [-0.2, -0.15) is 0 Å². The van der Waals surface area contributed by atoms with Gasteiger partial charge in [-0.1, -0.05) is 12.1 Å². The molecule has 25 heavy (non-hydrogen) atoms. The Hall–Kier alpha value is -1.89. The number of hydrogen-bond acceptors (Lipinski definition) is 4. The normalized spacial score (nSPS) is 11.2. The predicted molar refractivity (Wildman–Crippen MR) is 108 cm³/mol. The number of halogens is 1. The fourth-order valence-corrected chi connectivity index (χ4v) is 3.49. The number of nitrogens with zero attached hydrogens (tertiary/aromatic N) is 2. The van der Waals surface area contributed by atoms with Crippen LogP contribution in [0.5, 0.6) is 5.75 Å². The molecular formula is C19H21BrN2O2S. The average molecular weight is 421 g/mol. The summed E-state index contributed by atoms with van der Waals surface area (Å²) < 4.78 is 7.27. The minimum Gasteiger partial charge on any atom is -0.497 e. The molecule has 0 aliphatic rings. The van der Waals surface area contributed by atoms with E-state index in [4.69, 9.17) is 9.73 Å². The number of rotatable bonds is 5. The third-order valence-electron chi connectivity index (χ3n) is 3.73. The maximum absolute atomic E-state index is 9.45. The van der Waals surface area contributed by atoms with Crippen LogP contribution in [-0.4, -0.2) is 23.4 Å². The van der Waals surface area contributed by atoms with E-state index < -0.39 is 0 Å². The first-order valence-electron chi connectivity index (χ1n) is 7.76. The lowest BCUT2D eigenvalue weighted by Gasteiger charge is -2.08. The highest BCUT2D eigenvalue weighted by Crippen LogP contribution is 2.23. The Labute approximate surface area is 161 Å². The third-order valence-corrected chi connectivity index (χ3v) is 4.60. The van der Waals surface area contributed by atoms with Crippen molar-refractivity contribution in [3.8, 4) is 17.0 Å². The van der Waals surface area contributed by atoms with Crippen LogP contribution in [-0.2, 0) is 6.54 Å². The Balaban J connectivity index is 0.00000225. The first kappa shape index (κ1) is 19.4. The van der Waals surface area contributed by atoms with Gasteiger partial charge in [-0.05, 0) is 54.4 Å². The van der Waals surface area contributed by atoms with Crippen molar-refractivity contribution in [3.05, 3.63) is 64.3 Å². The molecule has 0 radical (unpaired) electrons. The molecule has 0 spiro atoms. The molecule has 4 nitrogen and oxygen atoms in total. The second-order valence-electron chi connectivity index (χ2n) is 5.46. The number of ether oxygens (including phenoxy) is 1. The summed E-state index contributed by atoms with van der Waals surface area (Å²) in [5.74, 6) is 0.826. The van der Waals surface area contributed by atoms with E-state index in [1.165, 1.54) is 5.56 Å². The van der Waals surface area contributed by atoms with Crippen LogP contribution < -0.4 is 9.54 Å². The van der Waals surface area contributed by atoms with Crippen molar-refractivity contribution >= 4 is 34.0 Å². The summed E-state index contributed by atoms with van der Waals surface area (Å²) in [6, 6.07) is 16.0. The molecule has 0 amide bonds. The van der Waals surface area contributed by atoms with Crippen LogP contribution in [0.2, 0.25) is 0 Å². The molecule has 1 heterocycles. The van der Waals surface area contributed by atoms with Gasteiger partial charge in [-0.25, -0.2) is 4.99 Å². The van der Waals surface area contributed by atoms with Gasteiger partial charge in [0.2, 0.25) is 0 Å². The van der Waals surface area contributed by atoms with Crippen molar-refractivity contribution in [2.75, 3.05) is 13.7 Å². The van der Waals surface area contributed by atoms with Gasteiger partial charge in [-0.3, -0.25) is 0 Å². The number of aliphatic hydroxyl groups excluding tert-OH is 1. The van der Waals surface area contributed by atoms with Gasteiger partial charge in [-0.15, -0.1) is 28.3 Å². The van der Waals surface area contributed by atoms with Gasteiger partial charge >= 0.3 is 0 Å². The Morgan fingerprint density at radius 1 is 1.16 bits per heavy atom. The van der Waals surface area contributed by atoms with Crippen molar-refractivity contribution in [3.63, 3.8) is 0 Å². The highest BCUT2D eigenvalue weighted by Gasteiger charge is 2.08. The highest BCUT2D eigenvalue weighted by atomic mass is 79.9. The maximum Gasteiger partial charge on any atom is 0.190 e. The molecule has 3 aromatic rings. The van der Waals surface area contributed by atoms with Crippen LogP contribution in [0.3, 0.4) is 0 Å². The molecule has 1 aromatic heterocycles. The third kappa shape index (κ3) is 4.60. The number of thiazole rings is 1. The van der Waals surface area contributed by atoms with Crippen LogP contribution in [0.15, 0.2) is 58.9 Å². The quantitative estimate of drug-likeness (QED) is 0.667. The van der Waals surface area contributed by atoms with Gasteiger partial charge < -0.3 is 14.4 Å². The van der Waals surface area contributed by atoms with E-state index in [2.05, 4.69) is 29.0 Å². The van der Waals surface area contributed by atoms with E-state index in [-0.39, 0.29) is 23.6 Å². The molecule has 0 aliphatic carbocycles. The minimum absolute atomic E-state index is 0. The fraction of sp³-hybridized carbons (Fsp3) is 0.211. The zero-order valence-electron chi connectivity index (χ0n) is 14.2. The number of aromatic nitrogens is 1. The number of aryl methyl sites for hydroxylation is 1. The molecule has 0 saturated heterocycles. The number of hydrogen-bond donors (Lipinski definition) is 1. The second kappa shape index (κ2) is 8.99. The second-order valence-corrected chi connectivity index (χ2v) is 6.29. The average Bonchev–Trinajstić information content (AvgIpc) is 2.98. The Morgan fingerprint density at radius 3 is 2.56 bits per heavy atom. The maximum atomic E-state index is 9.45. The number of methoxy groups -OCH3 is 1. The standard InChI is InChI=1S/C19H20N2O2S.BrH/c1-14-4-3-5-16(12-14)20-19-21(10-11-22)18(13-24-19)15-6-8-17(23-2)9-7-15;/h3-9,12-13,22H,10-11H2,1-2H3;1H. The molecule has 132 valence electrons. The smallest absolute Gasteiger partial charge is 0.190 e. The molecule has 0 aliphatic heterocycles. The van der Waals surface area contributed by atoms with Gasteiger partial charge in [0.15, 0.2) is 4.80 Å². The highest BCUT2D eigenvalue weighted by molar-refractivity contribution is 8.93. The molecular weight excluding hydrogens is 400 g/mol. The zero-order valence-corrected chi connectivity index (χ0v) is 16.7. The Kier molecular flexibility index (Phi) is 6.99. The molecule has 0 fully saturated rings. The van der Waals surface area contributed by atoms with Gasteiger partial charge in [0.05, 0.1) is 25.1 Å². The fourth-order valence-electron chi connectivity index (χ4n) is 2.54. The lowest BCUT2D eigenvalue weighted by Crippen LogP contribution is -2.17. The van der Waals surface area contributed by atoms with Crippen LogP contribution in [0.25, 0.3) is 11.3 Å². The van der Waals surface area contributed by atoms with Crippen molar-refractivity contribution in [1.29, 1.82) is 0 Å². The van der Waals surface area contributed by atoms with E-state index in [0.29, 0.717) is 6.54 Å². The van der Waals surface area contributed by atoms with Crippen molar-refractivity contribution < 1.29 is 9.84 Å². The summed E-state index contributed by atoms with van der Waals surface area (Å²) in [7, 11) is 1.66. The summed E-state index contributed by atoms with van der Waals surface area (Å²) in [6.45, 7) is 2.63. The molecule has 0 bridgehead atoms. The lowest BCUT2D eigenvalue weighted by atomic mass is 10.1. The molecule has 3 rings (SSSR count). The molecule has 1 N–H and O–H groups in total. The first-order valence-corrected chi connectivity index (χ1v) is 8.64. The zero-order chi connectivity index (χ0) is 16.9. The summed E-state index contributed by atoms with van der Waals surface area (Å²) in [5, 5.41) is 11.5. The van der Waals surface area contributed by atoms with Gasteiger partial charge in [0, 0.05) is 11.9 Å². The molecule has 0 saturated carbocycles. The van der Waals surface area contributed by atoms with E-state index >= 15 is 0 Å². The van der Waals surface area contributed by atoms with Crippen LogP contribution >= 0.6 is 28.3 Å². The van der Waals surface area contributed by atoms with E-state index in [1.807, 2.05) is 36.4 Å². The topological polar surface area (TPSA) is 46.8 Å². The Bertz CT molecular complexity index is 885. The number of benzene rings is 2. The van der Waals surface area contributed by atoms with Gasteiger partial charge in [0.1, 0.15) is 5.75 Å². The van der Waals surface area contributed by atoms with Crippen LogP contribution in [0, 0.1) is 6.92 Å². The van der Waals surface area contributed by atoms with Crippen LogP contribution in [0.1, 0.15) is 5.56 Å². The summed E-state index contributed by atoms with van der Waals surface area (Å²) in [4.78, 5) is 5.62. The van der Waals surface area contributed by atoms with Crippen molar-refractivity contribution in [2.24, 2.45) is 4.99 Å². The summed E-state index contributed by atoms with van der Waals surface area (Å²) >= 11 is 1.58. The van der Waals surface area contributed by atoms with E-state index in [1.54, 1.807) is 18.4 Å².